The number of hydrogen-bond acceptors (Lipinski definition) is 6. The zero-order chi connectivity index (χ0) is 20.1. The highest BCUT2D eigenvalue weighted by molar-refractivity contribution is 7.99. The van der Waals surface area contributed by atoms with Gasteiger partial charge in [-0.25, -0.2) is 9.18 Å². The number of nitrogens with one attached hydrogen (secondary N) is 1. The van der Waals surface area contributed by atoms with Crippen LogP contribution in [0.25, 0.3) is 11.0 Å². The standard InChI is InChI=1S/C20H15FN2O4S/c1-12-13-5-4-6-14(21)19(13)27-18(12)20(25)26-11-17(24)23-15-7-2-3-8-16(15)28-10-9-22/h2-8H,10-11H2,1H3,(H,23,24). The monoisotopic (exact) mass is 398 g/mol. The Morgan fingerprint density at radius 3 is 2.79 bits per heavy atom. The minimum atomic E-state index is -0.851. The quantitative estimate of drug-likeness (QED) is 0.492. The summed E-state index contributed by atoms with van der Waals surface area (Å²) in [5.41, 5.74) is 0.934. The fraction of sp³-hybridized carbons (Fsp3) is 0.150. The lowest BCUT2D eigenvalue weighted by atomic mass is 10.1. The third kappa shape index (κ3) is 4.15. The van der Waals surface area contributed by atoms with Crippen molar-refractivity contribution in [3.05, 3.63) is 59.6 Å². The second kappa shape index (κ2) is 8.59. The van der Waals surface area contributed by atoms with Crippen LogP contribution in [0.5, 0.6) is 0 Å². The Morgan fingerprint density at radius 1 is 1.25 bits per heavy atom. The number of aryl methyl sites for hydroxylation is 1. The van der Waals surface area contributed by atoms with Gasteiger partial charge in [-0.3, -0.25) is 4.79 Å². The molecule has 28 heavy (non-hydrogen) atoms. The Bertz CT molecular complexity index is 1090. The summed E-state index contributed by atoms with van der Waals surface area (Å²) in [7, 11) is 0. The number of hydrogen-bond donors (Lipinski definition) is 1. The fourth-order valence-corrected chi connectivity index (χ4v) is 3.26. The van der Waals surface area contributed by atoms with Crippen molar-refractivity contribution >= 4 is 40.3 Å². The first-order valence-corrected chi connectivity index (χ1v) is 9.23. The van der Waals surface area contributed by atoms with Crippen LogP contribution in [-0.2, 0) is 9.53 Å². The first-order valence-electron chi connectivity index (χ1n) is 8.24. The number of para-hydroxylation sites is 2. The van der Waals surface area contributed by atoms with Crippen molar-refractivity contribution in [1.29, 1.82) is 5.26 Å². The molecule has 3 rings (SSSR count). The molecule has 0 spiro atoms. The number of carbonyl (C=O) groups is 2. The van der Waals surface area contributed by atoms with E-state index in [0.29, 0.717) is 16.6 Å². The van der Waals surface area contributed by atoms with Crippen LogP contribution in [0, 0.1) is 24.1 Å². The zero-order valence-electron chi connectivity index (χ0n) is 14.8. The van der Waals surface area contributed by atoms with Gasteiger partial charge in [0, 0.05) is 15.8 Å². The van der Waals surface area contributed by atoms with Crippen LogP contribution in [0.2, 0.25) is 0 Å². The smallest absolute Gasteiger partial charge is 0.375 e. The third-order valence-electron chi connectivity index (χ3n) is 3.89. The molecule has 6 nitrogen and oxygen atoms in total. The molecular formula is C20H15FN2O4S. The van der Waals surface area contributed by atoms with Crippen molar-refractivity contribution in [1.82, 2.24) is 0 Å². The van der Waals surface area contributed by atoms with Gasteiger partial charge in [0.15, 0.2) is 18.0 Å². The predicted octanol–water partition coefficient (Wildman–Crippen LogP) is 4.29. The molecule has 1 amide bonds. The highest BCUT2D eigenvalue weighted by atomic mass is 32.2. The second-order valence-electron chi connectivity index (χ2n) is 5.74. The van der Waals surface area contributed by atoms with Gasteiger partial charge in [-0.15, -0.1) is 11.8 Å². The number of benzene rings is 2. The number of halogens is 1. The van der Waals surface area contributed by atoms with Gasteiger partial charge in [-0.05, 0) is 25.1 Å². The number of fused-ring (bicyclic) bond motifs is 1. The molecule has 0 aliphatic rings. The highest BCUT2D eigenvalue weighted by Gasteiger charge is 2.21. The molecule has 1 aromatic heterocycles. The number of nitriles is 1. The summed E-state index contributed by atoms with van der Waals surface area (Å²) in [6, 6.07) is 13.4. The van der Waals surface area contributed by atoms with Gasteiger partial charge in [0.2, 0.25) is 5.76 Å². The van der Waals surface area contributed by atoms with Crippen molar-refractivity contribution in [2.24, 2.45) is 0 Å². The molecule has 2 aromatic carbocycles. The van der Waals surface area contributed by atoms with Crippen molar-refractivity contribution in [3.8, 4) is 6.07 Å². The molecule has 0 aliphatic heterocycles. The lowest BCUT2D eigenvalue weighted by Gasteiger charge is -2.09. The Kier molecular flexibility index (Phi) is 5.96. The maximum Gasteiger partial charge on any atom is 0.375 e. The Balaban J connectivity index is 1.66. The molecule has 8 heteroatoms. The van der Waals surface area contributed by atoms with E-state index in [4.69, 9.17) is 14.4 Å². The van der Waals surface area contributed by atoms with Crippen LogP contribution in [-0.4, -0.2) is 24.2 Å². The second-order valence-corrected chi connectivity index (χ2v) is 6.76. The summed E-state index contributed by atoms with van der Waals surface area (Å²) >= 11 is 1.28. The van der Waals surface area contributed by atoms with E-state index in [1.54, 1.807) is 37.3 Å². The predicted molar refractivity (Wildman–Crippen MR) is 103 cm³/mol. The molecular weight excluding hydrogens is 383 g/mol. The van der Waals surface area contributed by atoms with E-state index in [1.807, 2.05) is 6.07 Å². The van der Waals surface area contributed by atoms with E-state index in [0.717, 1.165) is 4.90 Å². The van der Waals surface area contributed by atoms with E-state index >= 15 is 0 Å². The summed E-state index contributed by atoms with van der Waals surface area (Å²) in [5, 5.41) is 11.8. The molecule has 1 N–H and O–H groups in total. The van der Waals surface area contributed by atoms with E-state index < -0.39 is 24.3 Å². The number of esters is 1. The largest absolute Gasteiger partial charge is 0.450 e. The van der Waals surface area contributed by atoms with Gasteiger partial charge >= 0.3 is 5.97 Å². The molecule has 0 fully saturated rings. The third-order valence-corrected chi connectivity index (χ3v) is 4.83. The maximum atomic E-state index is 13.8. The summed E-state index contributed by atoms with van der Waals surface area (Å²) in [6.07, 6.45) is 0. The SMILES string of the molecule is Cc1c(C(=O)OCC(=O)Nc2ccccc2SCC#N)oc2c(F)cccc12. The lowest BCUT2D eigenvalue weighted by Crippen LogP contribution is -2.21. The van der Waals surface area contributed by atoms with Crippen LogP contribution in [0.3, 0.4) is 0 Å². The van der Waals surface area contributed by atoms with Crippen molar-refractivity contribution in [2.45, 2.75) is 11.8 Å². The Labute approximate surface area is 164 Å². The average molecular weight is 398 g/mol. The number of anilines is 1. The van der Waals surface area contributed by atoms with Crippen LogP contribution < -0.4 is 5.32 Å². The van der Waals surface area contributed by atoms with E-state index in [1.165, 1.54) is 23.9 Å². The minimum absolute atomic E-state index is 0.0279. The summed E-state index contributed by atoms with van der Waals surface area (Å²) < 4.78 is 24.1. The molecule has 0 radical (unpaired) electrons. The molecule has 0 bridgehead atoms. The topological polar surface area (TPSA) is 92.3 Å². The van der Waals surface area contributed by atoms with E-state index in [9.17, 15) is 14.0 Å². The summed E-state index contributed by atoms with van der Waals surface area (Å²) in [5.74, 6) is -1.88. The van der Waals surface area contributed by atoms with Gasteiger partial charge in [0.1, 0.15) is 0 Å². The minimum Gasteiger partial charge on any atom is -0.450 e. The zero-order valence-corrected chi connectivity index (χ0v) is 15.6. The number of ether oxygens (including phenoxy) is 1. The van der Waals surface area contributed by atoms with Crippen molar-refractivity contribution in [2.75, 3.05) is 17.7 Å². The first-order chi connectivity index (χ1) is 13.5. The van der Waals surface area contributed by atoms with E-state index in [-0.39, 0.29) is 17.1 Å². The highest BCUT2D eigenvalue weighted by Crippen LogP contribution is 2.28. The molecule has 0 saturated carbocycles. The Morgan fingerprint density at radius 2 is 2.04 bits per heavy atom. The first kappa shape index (κ1) is 19.5. The normalized spacial score (nSPS) is 10.5. The average Bonchev–Trinajstić information content (AvgIpc) is 3.04. The van der Waals surface area contributed by atoms with Crippen LogP contribution in [0.15, 0.2) is 51.8 Å². The number of amides is 1. The maximum absolute atomic E-state index is 13.8. The van der Waals surface area contributed by atoms with Crippen molar-refractivity contribution < 1.29 is 23.1 Å². The molecule has 3 aromatic rings. The van der Waals surface area contributed by atoms with Gasteiger partial charge < -0.3 is 14.5 Å². The van der Waals surface area contributed by atoms with Gasteiger partial charge in [-0.2, -0.15) is 5.26 Å². The lowest BCUT2D eigenvalue weighted by molar-refractivity contribution is -0.119. The van der Waals surface area contributed by atoms with Gasteiger partial charge in [0.05, 0.1) is 17.5 Å². The number of rotatable bonds is 6. The summed E-state index contributed by atoms with van der Waals surface area (Å²) in [6.45, 7) is 1.08. The molecule has 0 atom stereocenters. The van der Waals surface area contributed by atoms with Crippen LogP contribution in [0.4, 0.5) is 10.1 Å². The number of nitrogens with zero attached hydrogens (tertiary/aromatic N) is 1. The number of thioether (sulfide) groups is 1. The number of furan rings is 1. The molecule has 1 heterocycles. The molecule has 0 unspecified atom stereocenters. The molecule has 0 aliphatic carbocycles. The molecule has 0 saturated heterocycles. The van der Waals surface area contributed by atoms with Crippen LogP contribution in [0.1, 0.15) is 16.1 Å². The number of carbonyl (C=O) groups excluding carboxylic acids is 2. The molecule has 142 valence electrons. The summed E-state index contributed by atoms with van der Waals surface area (Å²) in [4.78, 5) is 25.1. The Hall–Kier alpha value is -3.31. The van der Waals surface area contributed by atoms with Crippen LogP contribution >= 0.6 is 11.8 Å². The van der Waals surface area contributed by atoms with E-state index in [2.05, 4.69) is 5.32 Å². The fourth-order valence-electron chi connectivity index (χ4n) is 2.59. The van der Waals surface area contributed by atoms with Crippen molar-refractivity contribution in [3.63, 3.8) is 0 Å². The van der Waals surface area contributed by atoms with Gasteiger partial charge in [-0.1, -0.05) is 24.3 Å². The van der Waals surface area contributed by atoms with Gasteiger partial charge in [0.25, 0.3) is 5.91 Å².